The van der Waals surface area contributed by atoms with E-state index in [1.165, 1.54) is 0 Å². The van der Waals surface area contributed by atoms with Crippen molar-refractivity contribution in [3.8, 4) is 0 Å². The lowest BCUT2D eigenvalue weighted by molar-refractivity contribution is -0.182. The zero-order chi connectivity index (χ0) is 10.7. The normalized spacial score (nSPS) is 38.6. The molecule has 2 heteroatoms. The second-order valence-corrected chi connectivity index (χ2v) is 4.77. The fourth-order valence-corrected chi connectivity index (χ4v) is 2.84. The Hall–Kier alpha value is -0.0800. The van der Waals surface area contributed by atoms with E-state index < -0.39 is 11.2 Å². The minimum Gasteiger partial charge on any atom is -0.387 e. The van der Waals surface area contributed by atoms with Gasteiger partial charge in [0.1, 0.15) is 0 Å². The topological polar surface area (TPSA) is 40.5 Å². The number of rotatable bonds is 4. The highest BCUT2D eigenvalue weighted by Crippen LogP contribution is 2.42. The van der Waals surface area contributed by atoms with Gasteiger partial charge in [-0.3, -0.25) is 0 Å². The van der Waals surface area contributed by atoms with Crippen LogP contribution in [0.5, 0.6) is 0 Å². The van der Waals surface area contributed by atoms with E-state index in [0.717, 1.165) is 51.4 Å². The van der Waals surface area contributed by atoms with Crippen molar-refractivity contribution in [2.75, 3.05) is 0 Å². The van der Waals surface area contributed by atoms with Crippen LogP contribution in [0.1, 0.15) is 65.2 Å². The molecule has 1 aliphatic carbocycles. The van der Waals surface area contributed by atoms with Crippen molar-refractivity contribution in [1.82, 2.24) is 0 Å². The molecule has 0 aromatic heterocycles. The SMILES string of the molecule is CCCC1(O)CCCCC1(O)CCC. The zero-order valence-electron chi connectivity index (χ0n) is 9.55. The predicted octanol–water partition coefficient (Wildman–Crippen LogP) is 2.62. The van der Waals surface area contributed by atoms with Gasteiger partial charge in [-0.25, -0.2) is 0 Å². The van der Waals surface area contributed by atoms with Gasteiger partial charge in [0.15, 0.2) is 0 Å². The van der Waals surface area contributed by atoms with Crippen LogP contribution < -0.4 is 0 Å². The van der Waals surface area contributed by atoms with Crippen molar-refractivity contribution < 1.29 is 10.2 Å². The van der Waals surface area contributed by atoms with Crippen LogP contribution in [-0.4, -0.2) is 21.4 Å². The molecule has 2 unspecified atom stereocenters. The van der Waals surface area contributed by atoms with E-state index in [0.29, 0.717) is 0 Å². The van der Waals surface area contributed by atoms with Crippen molar-refractivity contribution in [3.63, 3.8) is 0 Å². The summed E-state index contributed by atoms with van der Waals surface area (Å²) >= 11 is 0. The van der Waals surface area contributed by atoms with Crippen LogP contribution in [0, 0.1) is 0 Å². The molecule has 0 saturated heterocycles. The molecule has 1 aliphatic rings. The lowest BCUT2D eigenvalue weighted by Crippen LogP contribution is -2.56. The Morgan fingerprint density at radius 1 is 0.857 bits per heavy atom. The van der Waals surface area contributed by atoms with Crippen LogP contribution in [0.3, 0.4) is 0 Å². The highest BCUT2D eigenvalue weighted by Gasteiger charge is 2.48. The lowest BCUT2D eigenvalue weighted by Gasteiger charge is -2.47. The molecule has 2 nitrogen and oxygen atoms in total. The molecule has 0 radical (unpaired) electrons. The van der Waals surface area contributed by atoms with Crippen LogP contribution >= 0.6 is 0 Å². The fourth-order valence-electron chi connectivity index (χ4n) is 2.84. The van der Waals surface area contributed by atoms with E-state index in [-0.39, 0.29) is 0 Å². The third-order valence-corrected chi connectivity index (χ3v) is 3.62. The Balaban J connectivity index is 2.75. The van der Waals surface area contributed by atoms with Gasteiger partial charge >= 0.3 is 0 Å². The van der Waals surface area contributed by atoms with Gasteiger partial charge in [-0.2, -0.15) is 0 Å². The Labute approximate surface area is 87.3 Å². The van der Waals surface area contributed by atoms with Crippen LogP contribution in [-0.2, 0) is 0 Å². The Kier molecular flexibility index (Phi) is 3.96. The van der Waals surface area contributed by atoms with Gasteiger partial charge in [0, 0.05) is 0 Å². The maximum absolute atomic E-state index is 10.5. The van der Waals surface area contributed by atoms with Crippen molar-refractivity contribution in [2.24, 2.45) is 0 Å². The Morgan fingerprint density at radius 2 is 1.21 bits per heavy atom. The minimum absolute atomic E-state index is 0.740. The summed E-state index contributed by atoms with van der Waals surface area (Å²) < 4.78 is 0. The van der Waals surface area contributed by atoms with Crippen molar-refractivity contribution in [1.29, 1.82) is 0 Å². The second kappa shape index (κ2) is 4.63. The van der Waals surface area contributed by atoms with Crippen molar-refractivity contribution in [2.45, 2.75) is 76.4 Å². The number of aliphatic hydroxyl groups is 2. The van der Waals surface area contributed by atoms with E-state index >= 15 is 0 Å². The molecule has 14 heavy (non-hydrogen) atoms. The average Bonchev–Trinajstić information content (AvgIpc) is 2.12. The van der Waals surface area contributed by atoms with Crippen molar-refractivity contribution in [3.05, 3.63) is 0 Å². The first-order valence-corrected chi connectivity index (χ1v) is 6.03. The maximum atomic E-state index is 10.5. The van der Waals surface area contributed by atoms with Gasteiger partial charge in [-0.15, -0.1) is 0 Å². The van der Waals surface area contributed by atoms with Gasteiger partial charge in [-0.1, -0.05) is 39.5 Å². The summed E-state index contributed by atoms with van der Waals surface area (Å²) in [5.74, 6) is 0. The van der Waals surface area contributed by atoms with E-state index in [9.17, 15) is 10.2 Å². The first-order valence-electron chi connectivity index (χ1n) is 6.03. The third-order valence-electron chi connectivity index (χ3n) is 3.62. The van der Waals surface area contributed by atoms with E-state index in [4.69, 9.17) is 0 Å². The Bertz CT molecular complexity index is 153. The molecule has 1 rings (SSSR count). The Morgan fingerprint density at radius 3 is 1.50 bits per heavy atom. The summed E-state index contributed by atoms with van der Waals surface area (Å²) in [6.07, 6.45) is 7.04. The van der Waals surface area contributed by atoms with Gasteiger partial charge in [0.05, 0.1) is 11.2 Å². The molecule has 0 aromatic rings. The van der Waals surface area contributed by atoms with E-state index in [1.807, 2.05) is 0 Å². The largest absolute Gasteiger partial charge is 0.387 e. The molecule has 0 spiro atoms. The standard InChI is InChI=1S/C12H24O2/c1-3-7-11(13)9-5-6-10-12(11,14)8-4-2/h13-14H,3-10H2,1-2H3. The molecular weight excluding hydrogens is 176 g/mol. The minimum atomic E-state index is -0.810. The van der Waals surface area contributed by atoms with Gasteiger partial charge in [-0.05, 0) is 25.7 Å². The van der Waals surface area contributed by atoms with Crippen LogP contribution in [0.4, 0.5) is 0 Å². The second-order valence-electron chi connectivity index (χ2n) is 4.77. The lowest BCUT2D eigenvalue weighted by atomic mass is 9.67. The maximum Gasteiger partial charge on any atom is 0.0933 e. The highest BCUT2D eigenvalue weighted by atomic mass is 16.4. The molecule has 2 atom stereocenters. The quantitative estimate of drug-likeness (QED) is 0.732. The molecule has 0 aromatic carbocycles. The van der Waals surface area contributed by atoms with Crippen LogP contribution in [0.25, 0.3) is 0 Å². The smallest absolute Gasteiger partial charge is 0.0933 e. The molecule has 0 amide bonds. The van der Waals surface area contributed by atoms with E-state index in [2.05, 4.69) is 13.8 Å². The molecule has 84 valence electrons. The van der Waals surface area contributed by atoms with Crippen LogP contribution in [0.2, 0.25) is 0 Å². The highest BCUT2D eigenvalue weighted by molar-refractivity contribution is 5.01. The van der Waals surface area contributed by atoms with Crippen LogP contribution in [0.15, 0.2) is 0 Å². The molecule has 1 saturated carbocycles. The molecule has 0 heterocycles. The average molecular weight is 200 g/mol. The van der Waals surface area contributed by atoms with Gasteiger partial charge in [0.2, 0.25) is 0 Å². The summed E-state index contributed by atoms with van der Waals surface area (Å²) in [4.78, 5) is 0. The van der Waals surface area contributed by atoms with Gasteiger partial charge in [0.25, 0.3) is 0 Å². The molecule has 0 bridgehead atoms. The molecule has 1 fully saturated rings. The summed E-state index contributed by atoms with van der Waals surface area (Å²) in [5.41, 5.74) is -1.62. The molecule has 0 aliphatic heterocycles. The summed E-state index contributed by atoms with van der Waals surface area (Å²) in [5, 5.41) is 20.9. The number of hydrogen-bond acceptors (Lipinski definition) is 2. The monoisotopic (exact) mass is 200 g/mol. The predicted molar refractivity (Wildman–Crippen MR) is 58.2 cm³/mol. The van der Waals surface area contributed by atoms with Crippen molar-refractivity contribution >= 4 is 0 Å². The third kappa shape index (κ3) is 2.12. The summed E-state index contributed by atoms with van der Waals surface area (Å²) in [7, 11) is 0. The fraction of sp³-hybridized carbons (Fsp3) is 1.00. The number of hydrogen-bond donors (Lipinski definition) is 2. The summed E-state index contributed by atoms with van der Waals surface area (Å²) in [6, 6.07) is 0. The first-order chi connectivity index (χ1) is 6.58. The van der Waals surface area contributed by atoms with Gasteiger partial charge < -0.3 is 10.2 Å². The molecular formula is C12H24O2. The molecule has 2 N–H and O–H groups in total. The first kappa shape index (κ1) is 12.0. The summed E-state index contributed by atoms with van der Waals surface area (Å²) in [6.45, 7) is 4.14. The zero-order valence-corrected chi connectivity index (χ0v) is 9.55. The van der Waals surface area contributed by atoms with E-state index in [1.54, 1.807) is 0 Å².